The highest BCUT2D eigenvalue weighted by atomic mass is 16.6. The van der Waals surface area contributed by atoms with E-state index in [1.54, 1.807) is 16.7 Å². The Hall–Kier alpha value is -3.47. The van der Waals surface area contributed by atoms with Crippen LogP contribution in [0.15, 0.2) is 64.8 Å². The summed E-state index contributed by atoms with van der Waals surface area (Å²) >= 11 is 0. The highest BCUT2D eigenvalue weighted by Crippen LogP contribution is 2.66. The second kappa shape index (κ2) is 20.0. The number of nitrogens with zero attached hydrogens (tertiary/aromatic N) is 3. The molecule has 76 heavy (non-hydrogen) atoms. The molecule has 12 aliphatic rings. The Morgan fingerprint density at radius 2 is 1.34 bits per heavy atom. The summed E-state index contributed by atoms with van der Waals surface area (Å²) < 4.78 is 20.1. The molecule has 3 amide bonds. The largest absolute Gasteiger partial charge is 0.445 e. The molecule has 416 valence electrons. The third-order valence-electron chi connectivity index (χ3n) is 24.8. The van der Waals surface area contributed by atoms with E-state index in [1.807, 2.05) is 65.2 Å². The predicted molar refractivity (Wildman–Crippen MR) is 299 cm³/mol. The molecule has 2 spiro atoms. The number of rotatable bonds is 2. The molecule has 4 saturated carbocycles. The summed E-state index contributed by atoms with van der Waals surface area (Å²) in [6, 6.07) is 10.6. The van der Waals surface area contributed by atoms with Crippen molar-refractivity contribution in [2.24, 2.45) is 81.8 Å². The van der Waals surface area contributed by atoms with Crippen molar-refractivity contribution in [3.63, 3.8) is 0 Å². The molecule has 0 radical (unpaired) electrons. The molecule has 13 rings (SSSR count). The Kier molecular flexibility index (Phi) is 14.0. The van der Waals surface area contributed by atoms with Gasteiger partial charge in [0, 0.05) is 58.0 Å². The molecular formula is C66H96N4O6. The number of hydrogen-bond acceptors (Lipinski definition) is 7. The van der Waals surface area contributed by atoms with Crippen LogP contribution in [0.25, 0.3) is 0 Å². The highest BCUT2D eigenvalue weighted by Gasteiger charge is 2.62. The maximum absolute atomic E-state index is 13.5. The van der Waals surface area contributed by atoms with Gasteiger partial charge in [0.25, 0.3) is 0 Å². The topological polar surface area (TPSA) is 101 Å². The molecule has 1 N–H and O–H groups in total. The van der Waals surface area contributed by atoms with E-state index in [0.29, 0.717) is 71.5 Å². The standard InChI is InChI=1S/C37H50N2O4.C29H46N2O2/c1-23-17-32-34(39(20-23)35(41)42-22-26-9-7-6-8-10-26)25(3)37(43-32)16-13-28-29-12-11-27-21-38(5)33(40)14-15-36(27,4)31(29)18-30(28)24(2)19-37;1-17-12-25-27(30-15-17)19(3)29(33-25)11-8-21-22-7-6-20-16-31(5)26(32)9-10-28(20,4)24(22)13-23(21)18(2)14-29/h6-10,14-15,23,25,27-29,31-32,34H,11-13,16-22H2,1-5H3;17,19-22,24-25,27,30H,6-16H2,1-5H3/t23-,25+,27+,28-,29-,31-,32+,34-,36-,37-;17-,19+,20+,21-,22-,24-,25+,27-,28-,29-/m00/s1. The second-order valence-corrected chi connectivity index (χ2v) is 28.8. The van der Waals surface area contributed by atoms with Gasteiger partial charge in [0.05, 0.1) is 29.5 Å². The first-order valence-electron chi connectivity index (χ1n) is 30.9. The Balaban J connectivity index is 0.000000159. The molecule has 10 nitrogen and oxygen atoms in total. The Bertz CT molecular complexity index is 2510. The first kappa shape index (κ1) is 53.2. The number of fused-ring (bicyclic) bond motifs is 12. The zero-order valence-corrected chi connectivity index (χ0v) is 48.4. The quantitative estimate of drug-likeness (QED) is 0.295. The van der Waals surface area contributed by atoms with Crippen molar-refractivity contribution in [2.75, 3.05) is 40.3 Å². The fourth-order valence-electron chi connectivity index (χ4n) is 20.4. The van der Waals surface area contributed by atoms with Gasteiger partial charge in [-0.3, -0.25) is 9.59 Å². The van der Waals surface area contributed by atoms with Crippen LogP contribution in [-0.2, 0) is 30.4 Å². The Labute approximate surface area is 457 Å². The van der Waals surface area contributed by atoms with E-state index in [4.69, 9.17) is 14.2 Å². The van der Waals surface area contributed by atoms with Crippen molar-refractivity contribution in [1.82, 2.24) is 20.0 Å². The first-order valence-corrected chi connectivity index (χ1v) is 30.9. The predicted octanol–water partition coefficient (Wildman–Crippen LogP) is 12.2. The fraction of sp³-hybridized carbons (Fsp3) is 0.773. The number of piperidine rings is 2. The van der Waals surface area contributed by atoms with Crippen LogP contribution in [0.1, 0.15) is 164 Å². The zero-order valence-electron chi connectivity index (χ0n) is 48.4. The molecule has 1 aromatic carbocycles. The van der Waals surface area contributed by atoms with Crippen molar-refractivity contribution in [3.05, 3.63) is 70.3 Å². The summed E-state index contributed by atoms with van der Waals surface area (Å²) in [6.45, 7) is 23.3. The number of amides is 3. The van der Waals surface area contributed by atoms with Crippen LogP contribution in [0, 0.1) is 81.8 Å². The first-order chi connectivity index (χ1) is 36.3. The minimum absolute atomic E-state index is 0.0435. The van der Waals surface area contributed by atoms with E-state index in [0.717, 1.165) is 107 Å². The third kappa shape index (κ3) is 8.83. The van der Waals surface area contributed by atoms with Gasteiger partial charge in [0.2, 0.25) is 11.8 Å². The third-order valence-corrected chi connectivity index (χ3v) is 24.8. The molecule has 0 bridgehead atoms. The number of carbonyl (C=O) groups excluding carboxylic acids is 3. The number of ether oxygens (including phenoxy) is 3. The molecule has 6 aliphatic carbocycles. The molecule has 0 unspecified atom stereocenters. The monoisotopic (exact) mass is 1040 g/mol. The highest BCUT2D eigenvalue weighted by molar-refractivity contribution is 5.87. The van der Waals surface area contributed by atoms with Crippen LogP contribution >= 0.6 is 0 Å². The van der Waals surface area contributed by atoms with Gasteiger partial charge in [-0.2, -0.15) is 0 Å². The molecule has 6 heterocycles. The van der Waals surface area contributed by atoms with Crippen LogP contribution in [0.2, 0.25) is 0 Å². The molecular weight excluding hydrogens is 945 g/mol. The van der Waals surface area contributed by atoms with Crippen molar-refractivity contribution < 1.29 is 28.6 Å². The summed E-state index contributed by atoms with van der Waals surface area (Å²) in [7, 11) is 3.99. The number of hydrogen-bond donors (Lipinski definition) is 1. The lowest BCUT2D eigenvalue weighted by molar-refractivity contribution is -0.129. The second-order valence-electron chi connectivity index (χ2n) is 28.8. The molecule has 1 aromatic rings. The SMILES string of the molecule is CC1=C2C[C@H]3[C@@H](CC[C@@H]4CN(C)C(=O)C=C[C@@]43C)[C@@H]2CC[C@@]2(C1)O[C@@H]1C[C@H](C)CN(C(=O)OCc3ccccc3)[C@H]1[C@H]2C.CC1=C2C[C@H]3[C@@H](CC[C@@H]4CN(C)C(=O)CC[C@@]43C)[C@@H]2CC[C@@]2(C1)O[C@@H]1C[C@H](C)CN[C@H]1[C@H]2C. The van der Waals surface area contributed by atoms with E-state index in [9.17, 15) is 14.4 Å². The summed E-state index contributed by atoms with van der Waals surface area (Å²) in [5.41, 5.74) is 7.90. The Morgan fingerprint density at radius 3 is 2.05 bits per heavy atom. The zero-order chi connectivity index (χ0) is 53.2. The van der Waals surface area contributed by atoms with E-state index in [2.05, 4.69) is 66.8 Å². The smallest absolute Gasteiger partial charge is 0.410 e. The minimum atomic E-state index is -0.229. The van der Waals surface area contributed by atoms with Gasteiger partial charge >= 0.3 is 6.09 Å². The van der Waals surface area contributed by atoms with Crippen LogP contribution in [-0.4, -0.2) is 108 Å². The van der Waals surface area contributed by atoms with E-state index in [1.165, 1.54) is 56.9 Å². The van der Waals surface area contributed by atoms with Crippen molar-refractivity contribution >= 4 is 17.9 Å². The normalized spacial score (nSPS) is 46.5. The van der Waals surface area contributed by atoms with E-state index in [-0.39, 0.29) is 46.7 Å². The number of likely N-dealkylation sites (N-methyl/N-ethyl adjacent to an activating group) is 1. The maximum atomic E-state index is 13.5. The number of nitrogens with one attached hydrogen (secondary N) is 1. The van der Waals surface area contributed by atoms with Gasteiger partial charge in [0.1, 0.15) is 6.61 Å². The number of likely N-dealkylation sites (tertiary alicyclic amines) is 2. The summed E-state index contributed by atoms with van der Waals surface area (Å²) in [5, 5.41) is 3.86. The average Bonchev–Trinajstić information content (AvgIpc) is 4.03. The summed E-state index contributed by atoms with van der Waals surface area (Å²) in [4.78, 5) is 44.7. The van der Waals surface area contributed by atoms with E-state index < -0.39 is 0 Å². The van der Waals surface area contributed by atoms with E-state index >= 15 is 0 Å². The summed E-state index contributed by atoms with van der Waals surface area (Å²) in [6.07, 6.45) is 22.9. The van der Waals surface area contributed by atoms with Crippen molar-refractivity contribution in [1.29, 1.82) is 0 Å². The maximum Gasteiger partial charge on any atom is 0.410 e. The van der Waals surface area contributed by atoms with Crippen molar-refractivity contribution in [2.45, 2.75) is 200 Å². The summed E-state index contributed by atoms with van der Waals surface area (Å²) in [5.74, 6) is 7.91. The van der Waals surface area contributed by atoms with Gasteiger partial charge in [-0.1, -0.05) is 100 Å². The van der Waals surface area contributed by atoms with Crippen molar-refractivity contribution in [3.8, 4) is 0 Å². The molecule has 6 aliphatic heterocycles. The van der Waals surface area contributed by atoms with Gasteiger partial charge in [-0.15, -0.1) is 0 Å². The van der Waals surface area contributed by atoms with Crippen LogP contribution in [0.5, 0.6) is 0 Å². The molecule has 10 heteroatoms. The molecule has 0 aromatic heterocycles. The number of carbonyl (C=O) groups is 3. The minimum Gasteiger partial charge on any atom is -0.445 e. The lowest BCUT2D eigenvalue weighted by Gasteiger charge is -2.49. The van der Waals surface area contributed by atoms with Gasteiger partial charge < -0.3 is 34.2 Å². The number of benzene rings is 1. The fourth-order valence-corrected chi connectivity index (χ4v) is 20.4. The lowest BCUT2D eigenvalue weighted by atomic mass is 9.55. The van der Waals surface area contributed by atoms with Gasteiger partial charge in [0.15, 0.2) is 0 Å². The molecule has 5 saturated heterocycles. The molecule has 9 fully saturated rings. The van der Waals surface area contributed by atoms with Crippen LogP contribution in [0.3, 0.4) is 0 Å². The molecule has 20 atom stereocenters. The van der Waals surface area contributed by atoms with Gasteiger partial charge in [-0.05, 0) is 198 Å². The number of allylic oxidation sites excluding steroid dienone is 3. The lowest BCUT2D eigenvalue weighted by Crippen LogP contribution is -2.54. The van der Waals surface area contributed by atoms with Crippen LogP contribution < -0.4 is 5.32 Å². The van der Waals surface area contributed by atoms with Gasteiger partial charge in [-0.25, -0.2) is 4.79 Å². The van der Waals surface area contributed by atoms with Crippen LogP contribution in [0.4, 0.5) is 4.79 Å². The average molecular weight is 1040 g/mol. The Morgan fingerprint density at radius 1 is 0.724 bits per heavy atom.